The van der Waals surface area contributed by atoms with Gasteiger partial charge in [0, 0.05) is 25.7 Å². The summed E-state index contributed by atoms with van der Waals surface area (Å²) in [4.78, 5) is 44.1. The molecule has 0 bridgehead atoms. The molecule has 0 atom stereocenters. The van der Waals surface area contributed by atoms with Crippen LogP contribution in [-0.2, 0) is 14.3 Å². The maximum absolute atomic E-state index is 12.7. The van der Waals surface area contributed by atoms with E-state index in [1.165, 1.54) is 22.3 Å². The van der Waals surface area contributed by atoms with Crippen molar-refractivity contribution in [3.63, 3.8) is 0 Å². The molecule has 0 spiro atoms. The first kappa shape index (κ1) is 22.7. The lowest BCUT2D eigenvalue weighted by atomic mass is 9.96. The number of carbonyl (C=O) groups is 2. The van der Waals surface area contributed by atoms with E-state index in [1.54, 1.807) is 18.2 Å². The van der Waals surface area contributed by atoms with Gasteiger partial charge < -0.3 is 9.64 Å². The third-order valence-electron chi connectivity index (χ3n) is 5.72. The number of aromatic nitrogens is 1. The molecule has 2 aromatic carbocycles. The van der Waals surface area contributed by atoms with Crippen LogP contribution in [0.5, 0.6) is 0 Å². The minimum atomic E-state index is -0.411. The molecule has 1 fully saturated rings. The zero-order chi connectivity index (χ0) is 23.4. The van der Waals surface area contributed by atoms with Gasteiger partial charge in [0.1, 0.15) is 5.69 Å². The van der Waals surface area contributed by atoms with E-state index in [0.717, 1.165) is 10.2 Å². The van der Waals surface area contributed by atoms with Crippen molar-refractivity contribution >= 4 is 49.9 Å². The molecular formula is C23H24N4O5S. The summed E-state index contributed by atoms with van der Waals surface area (Å²) in [5.74, 6) is -1.07. The van der Waals surface area contributed by atoms with Crippen LogP contribution in [0.1, 0.15) is 19.8 Å². The highest BCUT2D eigenvalue weighted by molar-refractivity contribution is 7.22. The number of nitrogens with zero attached hydrogens (tertiary/aromatic N) is 4. The lowest BCUT2D eigenvalue weighted by Gasteiger charge is -2.32. The molecule has 1 aromatic heterocycles. The van der Waals surface area contributed by atoms with Crippen molar-refractivity contribution in [1.82, 2.24) is 4.98 Å². The summed E-state index contributed by atoms with van der Waals surface area (Å²) in [5.41, 5.74) is 1.43. The molecule has 1 aliphatic rings. The third-order valence-corrected chi connectivity index (χ3v) is 6.78. The predicted molar refractivity (Wildman–Crippen MR) is 127 cm³/mol. The van der Waals surface area contributed by atoms with Gasteiger partial charge in [0.05, 0.1) is 21.1 Å². The van der Waals surface area contributed by atoms with E-state index < -0.39 is 10.9 Å². The van der Waals surface area contributed by atoms with Crippen LogP contribution in [0, 0.1) is 16.0 Å². The first-order valence-corrected chi connectivity index (χ1v) is 11.6. The highest BCUT2D eigenvalue weighted by Gasteiger charge is 2.30. The summed E-state index contributed by atoms with van der Waals surface area (Å²) in [6.07, 6.45) is 1.02. The second kappa shape index (κ2) is 9.95. The minimum Gasteiger partial charge on any atom is -0.455 e. The molecular weight excluding hydrogens is 444 g/mol. The summed E-state index contributed by atoms with van der Waals surface area (Å²) in [7, 11) is 0. The predicted octanol–water partition coefficient (Wildman–Crippen LogP) is 4.02. The van der Waals surface area contributed by atoms with Crippen molar-refractivity contribution in [2.45, 2.75) is 19.8 Å². The summed E-state index contributed by atoms with van der Waals surface area (Å²) in [5, 5.41) is 11.9. The van der Waals surface area contributed by atoms with Gasteiger partial charge in [-0.05, 0) is 38.0 Å². The van der Waals surface area contributed by atoms with Crippen LogP contribution in [0.4, 0.5) is 16.5 Å². The van der Waals surface area contributed by atoms with Crippen molar-refractivity contribution in [2.75, 3.05) is 36.0 Å². The van der Waals surface area contributed by atoms with Gasteiger partial charge in [0.25, 0.3) is 11.6 Å². The molecule has 0 aliphatic carbocycles. The Bertz CT molecular complexity index is 1140. The van der Waals surface area contributed by atoms with E-state index in [-0.39, 0.29) is 24.1 Å². The van der Waals surface area contributed by atoms with Crippen molar-refractivity contribution in [3.05, 3.63) is 58.6 Å². The summed E-state index contributed by atoms with van der Waals surface area (Å²) >= 11 is 1.42. The number of hydrogen-bond donors (Lipinski definition) is 0. The summed E-state index contributed by atoms with van der Waals surface area (Å²) < 4.78 is 6.33. The molecule has 1 amide bonds. The molecule has 4 rings (SSSR count). The number of para-hydroxylation sites is 3. The summed E-state index contributed by atoms with van der Waals surface area (Å²) in [6, 6.07) is 14.3. The van der Waals surface area contributed by atoms with Crippen LogP contribution in [0.3, 0.4) is 0 Å². The number of ether oxygens (including phenoxy) is 1. The van der Waals surface area contributed by atoms with E-state index in [9.17, 15) is 19.7 Å². The monoisotopic (exact) mass is 468 g/mol. The number of rotatable bonds is 7. The number of nitro benzene ring substituents is 1. The SMILES string of the molecule is CCN(C(=O)COC(=O)C1CCN(c2ccccc2[N+](=O)[O-])CC1)c1nc2ccccc2s1. The lowest BCUT2D eigenvalue weighted by molar-refractivity contribution is -0.384. The number of anilines is 2. The van der Waals surface area contributed by atoms with Crippen LogP contribution in [0.25, 0.3) is 10.2 Å². The quantitative estimate of drug-likeness (QED) is 0.293. The normalized spacial score (nSPS) is 14.3. The molecule has 2 heterocycles. The number of fused-ring (bicyclic) bond motifs is 1. The molecule has 10 heteroatoms. The van der Waals surface area contributed by atoms with Crippen LogP contribution in [-0.4, -0.2) is 48.0 Å². The number of thiazole rings is 1. The number of benzene rings is 2. The Morgan fingerprint density at radius 2 is 1.88 bits per heavy atom. The van der Waals surface area contributed by atoms with E-state index in [4.69, 9.17) is 4.74 Å². The topological polar surface area (TPSA) is 106 Å². The van der Waals surface area contributed by atoms with E-state index >= 15 is 0 Å². The molecule has 172 valence electrons. The van der Waals surface area contributed by atoms with Crippen molar-refractivity contribution in [1.29, 1.82) is 0 Å². The van der Waals surface area contributed by atoms with Gasteiger partial charge in [0.15, 0.2) is 11.7 Å². The van der Waals surface area contributed by atoms with Crippen molar-refractivity contribution in [2.24, 2.45) is 5.92 Å². The Balaban J connectivity index is 1.32. The average Bonchev–Trinajstić information content (AvgIpc) is 3.26. The lowest BCUT2D eigenvalue weighted by Crippen LogP contribution is -2.39. The molecule has 3 aromatic rings. The highest BCUT2D eigenvalue weighted by Crippen LogP contribution is 2.32. The van der Waals surface area contributed by atoms with E-state index in [2.05, 4.69) is 4.98 Å². The van der Waals surface area contributed by atoms with Crippen LogP contribution in [0.15, 0.2) is 48.5 Å². The zero-order valence-electron chi connectivity index (χ0n) is 18.2. The number of likely N-dealkylation sites (N-methyl/N-ethyl adjacent to an activating group) is 1. The van der Waals surface area contributed by atoms with Crippen LogP contribution < -0.4 is 9.80 Å². The van der Waals surface area contributed by atoms with Gasteiger partial charge in [0.2, 0.25) is 0 Å². The molecule has 1 aliphatic heterocycles. The maximum atomic E-state index is 12.7. The zero-order valence-corrected chi connectivity index (χ0v) is 19.0. The van der Waals surface area contributed by atoms with Crippen LogP contribution >= 0.6 is 11.3 Å². The minimum absolute atomic E-state index is 0.0543. The molecule has 33 heavy (non-hydrogen) atoms. The largest absolute Gasteiger partial charge is 0.455 e. The Morgan fingerprint density at radius 1 is 1.18 bits per heavy atom. The Labute approximate surface area is 194 Å². The fourth-order valence-corrected chi connectivity index (χ4v) is 5.01. The van der Waals surface area contributed by atoms with E-state index in [1.807, 2.05) is 36.1 Å². The number of nitro groups is 1. The first-order chi connectivity index (χ1) is 16.0. The van der Waals surface area contributed by atoms with Gasteiger partial charge in [-0.25, -0.2) is 4.98 Å². The Hall–Kier alpha value is -3.53. The smallest absolute Gasteiger partial charge is 0.309 e. The van der Waals surface area contributed by atoms with Crippen molar-refractivity contribution in [3.8, 4) is 0 Å². The first-order valence-electron chi connectivity index (χ1n) is 10.8. The third kappa shape index (κ3) is 4.95. The molecule has 9 nitrogen and oxygen atoms in total. The molecule has 1 saturated heterocycles. The molecule has 0 saturated carbocycles. The average molecular weight is 469 g/mol. The van der Waals surface area contributed by atoms with Gasteiger partial charge >= 0.3 is 5.97 Å². The second-order valence-electron chi connectivity index (χ2n) is 7.72. The molecule has 0 N–H and O–H groups in total. The number of hydrogen-bond acceptors (Lipinski definition) is 8. The Kier molecular flexibility index (Phi) is 6.83. The Morgan fingerprint density at radius 3 is 2.58 bits per heavy atom. The van der Waals surface area contributed by atoms with Crippen LogP contribution in [0.2, 0.25) is 0 Å². The number of piperidine rings is 1. The molecule has 0 radical (unpaired) electrons. The second-order valence-corrected chi connectivity index (χ2v) is 8.73. The fraction of sp³-hybridized carbons (Fsp3) is 0.348. The van der Waals surface area contributed by atoms with Gasteiger partial charge in [-0.3, -0.25) is 24.6 Å². The number of esters is 1. The number of carbonyl (C=O) groups excluding carboxylic acids is 2. The van der Waals surface area contributed by atoms with Crippen molar-refractivity contribution < 1.29 is 19.2 Å². The van der Waals surface area contributed by atoms with Gasteiger partial charge in [-0.15, -0.1) is 0 Å². The highest BCUT2D eigenvalue weighted by atomic mass is 32.1. The van der Waals surface area contributed by atoms with Gasteiger partial charge in [-0.2, -0.15) is 0 Å². The summed E-state index contributed by atoms with van der Waals surface area (Å²) in [6.45, 7) is 2.94. The fourth-order valence-electron chi connectivity index (χ4n) is 3.96. The molecule has 0 unspecified atom stereocenters. The maximum Gasteiger partial charge on any atom is 0.309 e. The number of amides is 1. The standard InChI is InChI=1S/C23H24N4O5S/c1-2-26(23-24-17-7-3-6-10-20(17)33-23)21(28)15-32-22(29)16-11-13-25(14-12-16)18-8-4-5-9-19(18)27(30)31/h3-10,16H,2,11-15H2,1H3. The van der Waals surface area contributed by atoms with Gasteiger partial charge in [-0.1, -0.05) is 35.6 Å². The van der Waals surface area contributed by atoms with E-state index in [0.29, 0.717) is 43.3 Å².